The van der Waals surface area contributed by atoms with E-state index in [1.165, 1.54) is 18.2 Å². The van der Waals surface area contributed by atoms with Crippen molar-refractivity contribution in [1.29, 1.82) is 0 Å². The number of benzene rings is 2. The molecular formula is C19H19FN4O. The van der Waals surface area contributed by atoms with Crippen molar-refractivity contribution in [1.82, 2.24) is 15.3 Å². The summed E-state index contributed by atoms with van der Waals surface area (Å²) in [6, 6.07) is 11.9. The second-order valence-electron chi connectivity index (χ2n) is 6.31. The van der Waals surface area contributed by atoms with Crippen LogP contribution in [-0.4, -0.2) is 41.3 Å². The summed E-state index contributed by atoms with van der Waals surface area (Å²) < 4.78 is 13.7. The fraction of sp³-hybridized carbons (Fsp3) is 0.263. The number of nitrogens with zero attached hydrogens (tertiary/aromatic N) is 3. The summed E-state index contributed by atoms with van der Waals surface area (Å²) >= 11 is 0. The standard InChI is InChI=1S/C19H19FN4O/c1-24(13-8-9-21-11-13)19-14-4-2-3-5-16(14)22-18(23-19)15-10-12(20)6-7-17(15)25/h2-7,10,13,21,25H,8-9,11H2,1H3. The number of phenols is 1. The van der Waals surface area contributed by atoms with Gasteiger partial charge in [0.1, 0.15) is 17.4 Å². The molecule has 4 rings (SSSR count). The average Bonchev–Trinajstić information content (AvgIpc) is 3.17. The van der Waals surface area contributed by atoms with Gasteiger partial charge in [-0.15, -0.1) is 0 Å². The second kappa shape index (κ2) is 6.29. The topological polar surface area (TPSA) is 61.3 Å². The quantitative estimate of drug-likeness (QED) is 0.769. The molecule has 0 radical (unpaired) electrons. The van der Waals surface area contributed by atoms with E-state index in [1.807, 2.05) is 31.3 Å². The van der Waals surface area contributed by atoms with Crippen molar-refractivity contribution in [2.45, 2.75) is 12.5 Å². The molecule has 0 bridgehead atoms. The first-order valence-corrected chi connectivity index (χ1v) is 8.33. The number of rotatable bonds is 3. The van der Waals surface area contributed by atoms with E-state index >= 15 is 0 Å². The Morgan fingerprint density at radius 1 is 1.20 bits per heavy atom. The Labute approximate surface area is 145 Å². The van der Waals surface area contributed by atoms with Crippen LogP contribution < -0.4 is 10.2 Å². The first-order chi connectivity index (χ1) is 12.1. The minimum atomic E-state index is -0.431. The number of hydrogen-bond donors (Lipinski definition) is 2. The highest BCUT2D eigenvalue weighted by molar-refractivity contribution is 5.91. The monoisotopic (exact) mass is 338 g/mol. The summed E-state index contributed by atoms with van der Waals surface area (Å²) in [5.74, 6) is 0.647. The number of likely N-dealkylation sites (N-methyl/N-ethyl adjacent to an activating group) is 1. The number of para-hydroxylation sites is 1. The lowest BCUT2D eigenvalue weighted by atomic mass is 10.1. The van der Waals surface area contributed by atoms with Crippen molar-refractivity contribution in [2.75, 3.05) is 25.0 Å². The molecule has 6 heteroatoms. The van der Waals surface area contributed by atoms with Crippen LogP contribution in [0.1, 0.15) is 6.42 Å². The minimum Gasteiger partial charge on any atom is -0.507 e. The van der Waals surface area contributed by atoms with E-state index in [0.717, 1.165) is 36.2 Å². The maximum absolute atomic E-state index is 13.7. The van der Waals surface area contributed by atoms with E-state index < -0.39 is 5.82 Å². The van der Waals surface area contributed by atoms with Gasteiger partial charge in [-0.3, -0.25) is 0 Å². The number of fused-ring (bicyclic) bond motifs is 1. The van der Waals surface area contributed by atoms with Crippen LogP contribution in [0.4, 0.5) is 10.2 Å². The fourth-order valence-corrected chi connectivity index (χ4v) is 3.28. The number of nitrogens with one attached hydrogen (secondary N) is 1. The number of aromatic hydroxyl groups is 1. The number of halogens is 1. The highest BCUT2D eigenvalue weighted by atomic mass is 19.1. The van der Waals surface area contributed by atoms with Crippen LogP contribution in [0.2, 0.25) is 0 Å². The highest BCUT2D eigenvalue weighted by Crippen LogP contribution is 2.32. The summed E-state index contributed by atoms with van der Waals surface area (Å²) in [7, 11) is 2.02. The molecule has 5 nitrogen and oxygen atoms in total. The zero-order valence-corrected chi connectivity index (χ0v) is 13.9. The largest absolute Gasteiger partial charge is 0.507 e. The lowest BCUT2D eigenvalue weighted by molar-refractivity contribution is 0.475. The summed E-state index contributed by atoms with van der Waals surface area (Å²) in [5, 5.41) is 14.4. The normalized spacial score (nSPS) is 17.1. The summed E-state index contributed by atoms with van der Waals surface area (Å²) in [6.45, 7) is 1.88. The molecule has 1 unspecified atom stereocenters. The number of hydrogen-bond acceptors (Lipinski definition) is 5. The average molecular weight is 338 g/mol. The molecule has 25 heavy (non-hydrogen) atoms. The molecule has 1 aliphatic heterocycles. The van der Waals surface area contributed by atoms with Crippen LogP contribution in [-0.2, 0) is 0 Å². The Kier molecular flexibility index (Phi) is 3.97. The van der Waals surface area contributed by atoms with E-state index in [2.05, 4.69) is 20.2 Å². The maximum atomic E-state index is 13.7. The number of anilines is 1. The van der Waals surface area contributed by atoms with Crippen molar-refractivity contribution in [3.63, 3.8) is 0 Å². The van der Waals surface area contributed by atoms with Crippen LogP contribution in [0.5, 0.6) is 5.75 Å². The third-order valence-corrected chi connectivity index (χ3v) is 4.70. The lowest BCUT2D eigenvalue weighted by Crippen LogP contribution is -2.34. The highest BCUT2D eigenvalue weighted by Gasteiger charge is 2.23. The van der Waals surface area contributed by atoms with Crippen molar-refractivity contribution in [3.05, 3.63) is 48.3 Å². The maximum Gasteiger partial charge on any atom is 0.165 e. The smallest absolute Gasteiger partial charge is 0.165 e. The van der Waals surface area contributed by atoms with Gasteiger partial charge in [0.15, 0.2) is 5.82 Å². The van der Waals surface area contributed by atoms with Crippen molar-refractivity contribution in [3.8, 4) is 17.1 Å². The molecule has 3 aromatic rings. The van der Waals surface area contributed by atoms with Gasteiger partial charge in [0.05, 0.1) is 11.1 Å². The SMILES string of the molecule is CN(c1nc(-c2cc(F)ccc2O)nc2ccccc12)C1CCNC1. The summed E-state index contributed by atoms with van der Waals surface area (Å²) in [6.07, 6.45) is 1.04. The van der Waals surface area contributed by atoms with Crippen molar-refractivity contribution in [2.24, 2.45) is 0 Å². The summed E-state index contributed by atoms with van der Waals surface area (Å²) in [4.78, 5) is 11.4. The molecule has 1 aromatic heterocycles. The van der Waals surface area contributed by atoms with Gasteiger partial charge in [-0.25, -0.2) is 14.4 Å². The van der Waals surface area contributed by atoms with Crippen LogP contribution >= 0.6 is 0 Å². The second-order valence-corrected chi connectivity index (χ2v) is 6.31. The molecule has 0 spiro atoms. The molecule has 128 valence electrons. The van der Waals surface area contributed by atoms with Crippen molar-refractivity contribution >= 4 is 16.7 Å². The van der Waals surface area contributed by atoms with Gasteiger partial charge in [-0.2, -0.15) is 0 Å². The Hall–Kier alpha value is -2.73. The van der Waals surface area contributed by atoms with E-state index in [1.54, 1.807) is 0 Å². The molecule has 1 atom stereocenters. The Bertz CT molecular complexity index is 924. The molecular weight excluding hydrogens is 319 g/mol. The number of aromatic nitrogens is 2. The molecule has 1 aliphatic rings. The molecule has 1 saturated heterocycles. The van der Waals surface area contributed by atoms with Crippen LogP contribution in [0.3, 0.4) is 0 Å². The van der Waals surface area contributed by atoms with Crippen LogP contribution in [0, 0.1) is 5.82 Å². The Balaban J connectivity index is 1.90. The van der Waals surface area contributed by atoms with Gasteiger partial charge >= 0.3 is 0 Å². The first-order valence-electron chi connectivity index (χ1n) is 8.33. The van der Waals surface area contributed by atoms with Gasteiger partial charge in [0.25, 0.3) is 0 Å². The van der Waals surface area contributed by atoms with Crippen LogP contribution in [0.25, 0.3) is 22.3 Å². The van der Waals surface area contributed by atoms with E-state index in [9.17, 15) is 9.50 Å². The molecule has 0 saturated carbocycles. The molecule has 2 aromatic carbocycles. The van der Waals surface area contributed by atoms with Gasteiger partial charge in [-0.05, 0) is 43.3 Å². The molecule has 0 amide bonds. The van der Waals surface area contributed by atoms with Gasteiger partial charge in [0.2, 0.25) is 0 Å². The lowest BCUT2D eigenvalue weighted by Gasteiger charge is -2.26. The fourth-order valence-electron chi connectivity index (χ4n) is 3.28. The van der Waals surface area contributed by atoms with E-state index in [0.29, 0.717) is 17.4 Å². The predicted molar refractivity (Wildman–Crippen MR) is 96.3 cm³/mol. The van der Waals surface area contributed by atoms with E-state index in [4.69, 9.17) is 0 Å². The molecule has 1 fully saturated rings. The van der Waals surface area contributed by atoms with Gasteiger partial charge in [0, 0.05) is 25.0 Å². The zero-order valence-electron chi connectivity index (χ0n) is 13.9. The number of phenolic OH excluding ortho intramolecular Hbond substituents is 1. The molecule has 2 N–H and O–H groups in total. The summed E-state index contributed by atoms with van der Waals surface area (Å²) in [5.41, 5.74) is 1.06. The minimum absolute atomic E-state index is 0.0344. The first kappa shape index (κ1) is 15.8. The third kappa shape index (κ3) is 2.89. The van der Waals surface area contributed by atoms with Gasteiger partial charge < -0.3 is 15.3 Å². The molecule has 0 aliphatic carbocycles. The Morgan fingerprint density at radius 2 is 2.04 bits per heavy atom. The van der Waals surface area contributed by atoms with Crippen molar-refractivity contribution < 1.29 is 9.50 Å². The van der Waals surface area contributed by atoms with Gasteiger partial charge in [-0.1, -0.05) is 12.1 Å². The Morgan fingerprint density at radius 3 is 2.84 bits per heavy atom. The van der Waals surface area contributed by atoms with Crippen LogP contribution in [0.15, 0.2) is 42.5 Å². The van der Waals surface area contributed by atoms with E-state index in [-0.39, 0.29) is 5.75 Å². The zero-order chi connectivity index (χ0) is 17.4. The predicted octanol–water partition coefficient (Wildman–Crippen LogP) is 2.94. The third-order valence-electron chi connectivity index (χ3n) is 4.70. The molecule has 2 heterocycles.